The fourth-order valence-electron chi connectivity index (χ4n) is 2.06. The van der Waals surface area contributed by atoms with Crippen LogP contribution in [0, 0.1) is 0 Å². The van der Waals surface area contributed by atoms with E-state index in [2.05, 4.69) is 12.2 Å². The highest BCUT2D eigenvalue weighted by atomic mass is 32.1. The fourth-order valence-corrected chi connectivity index (χ4v) is 2.17. The molecule has 128 valence electrons. The van der Waals surface area contributed by atoms with Crippen molar-refractivity contribution >= 4 is 29.0 Å². The van der Waals surface area contributed by atoms with Crippen molar-refractivity contribution in [2.24, 2.45) is 0 Å². The van der Waals surface area contributed by atoms with Gasteiger partial charge in [0.25, 0.3) is 0 Å². The van der Waals surface area contributed by atoms with Gasteiger partial charge in [0, 0.05) is 19.8 Å². The van der Waals surface area contributed by atoms with Crippen LogP contribution in [0.25, 0.3) is 0 Å². The van der Waals surface area contributed by atoms with Crippen LogP contribution < -0.4 is 5.32 Å². The van der Waals surface area contributed by atoms with E-state index in [9.17, 15) is 4.79 Å². The Labute approximate surface area is 145 Å². The normalized spacial score (nSPS) is 10.2. The van der Waals surface area contributed by atoms with Crippen molar-refractivity contribution in [2.75, 3.05) is 26.0 Å². The lowest BCUT2D eigenvalue weighted by molar-refractivity contribution is 0.0497. The average Bonchev–Trinajstić information content (AvgIpc) is 2.54. The first-order valence-corrected chi connectivity index (χ1v) is 8.71. The zero-order valence-electron chi connectivity index (χ0n) is 14.4. The highest BCUT2D eigenvalue weighted by molar-refractivity contribution is 7.80. The summed E-state index contributed by atoms with van der Waals surface area (Å²) in [6.45, 7) is 2.70. The summed E-state index contributed by atoms with van der Waals surface area (Å²) >= 11 is 5.18. The Bertz CT molecular complexity index is 486. The largest absolute Gasteiger partial charge is 0.462 e. The van der Waals surface area contributed by atoms with Crippen LogP contribution in [0.15, 0.2) is 24.3 Å². The first-order valence-electron chi connectivity index (χ1n) is 8.30. The summed E-state index contributed by atoms with van der Waals surface area (Å²) in [4.78, 5) is 13.8. The van der Waals surface area contributed by atoms with Crippen LogP contribution in [0.1, 0.15) is 55.8 Å². The van der Waals surface area contributed by atoms with Crippen molar-refractivity contribution in [3.05, 3.63) is 29.8 Å². The number of anilines is 1. The zero-order valence-corrected chi connectivity index (χ0v) is 15.2. The maximum Gasteiger partial charge on any atom is 0.338 e. The predicted octanol–water partition coefficient (Wildman–Crippen LogP) is 4.46. The number of benzene rings is 1. The van der Waals surface area contributed by atoms with E-state index in [1.807, 2.05) is 31.1 Å². The van der Waals surface area contributed by atoms with E-state index in [0.717, 1.165) is 18.5 Å². The van der Waals surface area contributed by atoms with Crippen LogP contribution in [0.3, 0.4) is 0 Å². The number of hydrogen-bond acceptors (Lipinski definition) is 3. The molecular weight excluding hydrogens is 308 g/mol. The minimum Gasteiger partial charge on any atom is -0.462 e. The van der Waals surface area contributed by atoms with Gasteiger partial charge >= 0.3 is 5.97 Å². The van der Waals surface area contributed by atoms with Crippen LogP contribution in [0.5, 0.6) is 0 Å². The highest BCUT2D eigenvalue weighted by Gasteiger charge is 2.07. The van der Waals surface area contributed by atoms with Gasteiger partial charge in [-0.15, -0.1) is 0 Å². The number of unbranched alkanes of at least 4 members (excludes halogenated alkanes) is 5. The van der Waals surface area contributed by atoms with E-state index in [1.165, 1.54) is 25.7 Å². The number of ether oxygens (including phenoxy) is 1. The number of nitrogens with zero attached hydrogens (tertiary/aromatic N) is 1. The number of hydrogen-bond donors (Lipinski definition) is 1. The Balaban J connectivity index is 2.30. The van der Waals surface area contributed by atoms with Gasteiger partial charge < -0.3 is 15.0 Å². The zero-order chi connectivity index (χ0) is 17.1. The van der Waals surface area contributed by atoms with Crippen molar-refractivity contribution in [1.82, 2.24) is 4.90 Å². The van der Waals surface area contributed by atoms with Gasteiger partial charge in [-0.2, -0.15) is 0 Å². The highest BCUT2D eigenvalue weighted by Crippen LogP contribution is 2.12. The molecule has 0 aliphatic rings. The molecule has 0 aliphatic heterocycles. The summed E-state index contributed by atoms with van der Waals surface area (Å²) in [7, 11) is 3.76. The Kier molecular flexibility index (Phi) is 9.29. The molecule has 0 radical (unpaired) electrons. The molecule has 1 aromatic rings. The van der Waals surface area contributed by atoms with Crippen molar-refractivity contribution in [3.63, 3.8) is 0 Å². The first-order chi connectivity index (χ1) is 11.0. The number of nitrogens with one attached hydrogen (secondary N) is 1. The Morgan fingerprint density at radius 3 is 2.30 bits per heavy atom. The summed E-state index contributed by atoms with van der Waals surface area (Å²) < 4.78 is 5.30. The van der Waals surface area contributed by atoms with Crippen LogP contribution >= 0.6 is 12.2 Å². The second-order valence-electron chi connectivity index (χ2n) is 5.81. The molecule has 4 nitrogen and oxygen atoms in total. The van der Waals surface area contributed by atoms with E-state index < -0.39 is 0 Å². The Hall–Kier alpha value is -1.62. The molecule has 0 bridgehead atoms. The maximum atomic E-state index is 11.9. The number of rotatable bonds is 9. The van der Waals surface area contributed by atoms with Crippen LogP contribution in [0.4, 0.5) is 5.69 Å². The third-order valence-corrected chi connectivity index (χ3v) is 3.98. The van der Waals surface area contributed by atoms with Gasteiger partial charge in [-0.1, -0.05) is 39.0 Å². The summed E-state index contributed by atoms with van der Waals surface area (Å²) in [5.41, 5.74) is 1.42. The van der Waals surface area contributed by atoms with Crippen LogP contribution in [-0.4, -0.2) is 36.7 Å². The van der Waals surface area contributed by atoms with Crippen molar-refractivity contribution in [3.8, 4) is 0 Å². The SMILES string of the molecule is CCCCCCCCOC(=O)c1ccc(NC(=S)N(C)C)cc1. The monoisotopic (exact) mass is 336 g/mol. The first kappa shape index (κ1) is 19.4. The van der Waals surface area contributed by atoms with E-state index in [4.69, 9.17) is 17.0 Å². The van der Waals surface area contributed by atoms with E-state index in [-0.39, 0.29) is 5.97 Å². The second kappa shape index (κ2) is 11.0. The van der Waals surface area contributed by atoms with Crippen molar-refractivity contribution in [2.45, 2.75) is 45.4 Å². The standard InChI is InChI=1S/C18H28N2O2S/c1-4-5-6-7-8-9-14-22-17(21)15-10-12-16(13-11-15)19-18(23)20(2)3/h10-13H,4-9,14H2,1-3H3,(H,19,23). The lowest BCUT2D eigenvalue weighted by Crippen LogP contribution is -2.26. The summed E-state index contributed by atoms with van der Waals surface area (Å²) in [5, 5.41) is 3.72. The maximum absolute atomic E-state index is 11.9. The van der Waals surface area contributed by atoms with Gasteiger partial charge in [-0.25, -0.2) is 4.79 Å². The number of carbonyl (C=O) groups is 1. The van der Waals surface area contributed by atoms with Gasteiger partial charge in [-0.05, 0) is 42.9 Å². The number of esters is 1. The van der Waals surface area contributed by atoms with Crippen molar-refractivity contribution in [1.29, 1.82) is 0 Å². The average molecular weight is 337 g/mol. The predicted molar refractivity (Wildman–Crippen MR) is 100 cm³/mol. The molecule has 0 atom stereocenters. The molecule has 1 N–H and O–H groups in total. The molecule has 0 saturated carbocycles. The van der Waals surface area contributed by atoms with Gasteiger partial charge in [0.15, 0.2) is 5.11 Å². The third-order valence-electron chi connectivity index (χ3n) is 3.51. The molecule has 0 aromatic heterocycles. The minimum atomic E-state index is -0.264. The number of carbonyl (C=O) groups excluding carboxylic acids is 1. The molecular formula is C18H28N2O2S. The Morgan fingerprint density at radius 1 is 1.09 bits per heavy atom. The lowest BCUT2D eigenvalue weighted by atomic mass is 10.1. The molecule has 0 unspecified atom stereocenters. The molecule has 0 aliphatic carbocycles. The molecule has 23 heavy (non-hydrogen) atoms. The smallest absolute Gasteiger partial charge is 0.338 e. The fraction of sp³-hybridized carbons (Fsp3) is 0.556. The summed E-state index contributed by atoms with van der Waals surface area (Å²) in [5.74, 6) is -0.264. The third kappa shape index (κ3) is 7.98. The van der Waals surface area contributed by atoms with Gasteiger partial charge in [0.05, 0.1) is 12.2 Å². The number of thiocarbonyl (C=S) groups is 1. The summed E-state index contributed by atoms with van der Waals surface area (Å²) in [6.07, 6.45) is 7.09. The summed E-state index contributed by atoms with van der Waals surface area (Å²) in [6, 6.07) is 7.17. The minimum absolute atomic E-state index is 0.264. The topological polar surface area (TPSA) is 41.6 Å². The molecule has 0 spiro atoms. The lowest BCUT2D eigenvalue weighted by Gasteiger charge is -2.15. The van der Waals surface area contributed by atoms with E-state index in [1.54, 1.807) is 12.1 Å². The van der Waals surface area contributed by atoms with Gasteiger partial charge in [0.2, 0.25) is 0 Å². The molecule has 5 heteroatoms. The van der Waals surface area contributed by atoms with Crippen molar-refractivity contribution < 1.29 is 9.53 Å². The molecule has 0 amide bonds. The molecule has 0 heterocycles. The van der Waals surface area contributed by atoms with Gasteiger partial charge in [0.1, 0.15) is 0 Å². The van der Waals surface area contributed by atoms with Gasteiger partial charge in [-0.3, -0.25) is 0 Å². The quantitative estimate of drug-likeness (QED) is 0.409. The van der Waals surface area contributed by atoms with Crippen LogP contribution in [0.2, 0.25) is 0 Å². The second-order valence-corrected chi connectivity index (χ2v) is 6.19. The molecule has 1 rings (SSSR count). The molecule has 1 aromatic carbocycles. The van der Waals surface area contributed by atoms with E-state index >= 15 is 0 Å². The molecule has 0 fully saturated rings. The molecule has 0 saturated heterocycles. The van der Waals surface area contributed by atoms with Crippen LogP contribution in [-0.2, 0) is 4.74 Å². The van der Waals surface area contributed by atoms with E-state index in [0.29, 0.717) is 17.3 Å². The Morgan fingerprint density at radius 2 is 1.70 bits per heavy atom.